The highest BCUT2D eigenvalue weighted by Crippen LogP contribution is 2.30. The number of thioether (sulfide) groups is 1. The van der Waals surface area contributed by atoms with Crippen LogP contribution in [-0.2, 0) is 9.59 Å². The monoisotopic (exact) mass is 615 g/mol. The van der Waals surface area contributed by atoms with Crippen molar-refractivity contribution in [3.05, 3.63) is 119 Å². The molecule has 8 nitrogen and oxygen atoms in total. The van der Waals surface area contributed by atoms with Gasteiger partial charge in [0.1, 0.15) is 17.2 Å². The van der Waals surface area contributed by atoms with Crippen LogP contribution in [0.25, 0.3) is 6.08 Å². The van der Waals surface area contributed by atoms with E-state index in [0.717, 1.165) is 4.90 Å². The lowest BCUT2D eigenvalue weighted by Crippen LogP contribution is -2.30. The van der Waals surface area contributed by atoms with Gasteiger partial charge in [-0.3, -0.25) is 14.4 Å². The number of hydrogen-bond acceptors (Lipinski definition) is 6. The Hall–Kier alpha value is -4.73. The van der Waals surface area contributed by atoms with Gasteiger partial charge in [-0.15, -0.1) is 11.8 Å². The molecule has 0 aliphatic rings. The second kappa shape index (κ2) is 14.9. The van der Waals surface area contributed by atoms with Gasteiger partial charge in [-0.1, -0.05) is 54.9 Å². The average Bonchev–Trinajstić information content (AvgIpc) is 3.01. The molecule has 1 unspecified atom stereocenters. The summed E-state index contributed by atoms with van der Waals surface area (Å²) < 4.78 is 5.35. The van der Waals surface area contributed by atoms with Gasteiger partial charge in [0, 0.05) is 27.8 Å². The fourth-order valence-corrected chi connectivity index (χ4v) is 5.22. The molecule has 4 aromatic carbocycles. The summed E-state index contributed by atoms with van der Waals surface area (Å²) in [6.45, 7) is 1.92. The molecule has 0 heterocycles. The van der Waals surface area contributed by atoms with E-state index < -0.39 is 17.1 Å². The number of benzene rings is 4. The van der Waals surface area contributed by atoms with Crippen molar-refractivity contribution in [2.24, 2.45) is 0 Å². The number of phenolic OH excluding ortho intramolecular Hbond substituents is 1. The third-order valence-corrected chi connectivity index (χ3v) is 7.90. The highest BCUT2D eigenvalue weighted by Gasteiger charge is 2.20. The number of carbonyl (C=O) groups is 3. The zero-order valence-electron chi connectivity index (χ0n) is 23.5. The minimum Gasteiger partial charge on any atom is -0.508 e. The van der Waals surface area contributed by atoms with Gasteiger partial charge in [-0.2, -0.15) is 0 Å². The molecule has 0 aliphatic carbocycles. The van der Waals surface area contributed by atoms with Gasteiger partial charge in [-0.05, 0) is 67.1 Å². The molecular weight excluding hydrogens is 586 g/mol. The number of para-hydroxylation sites is 1. The summed E-state index contributed by atoms with van der Waals surface area (Å²) in [7, 11) is 1.44. The van der Waals surface area contributed by atoms with Crippen molar-refractivity contribution in [1.82, 2.24) is 5.32 Å². The van der Waals surface area contributed by atoms with Gasteiger partial charge < -0.3 is 25.8 Å². The predicted molar refractivity (Wildman–Crippen MR) is 172 cm³/mol. The largest absolute Gasteiger partial charge is 0.508 e. The minimum absolute atomic E-state index is 0.00595. The molecule has 220 valence electrons. The Morgan fingerprint density at radius 1 is 0.930 bits per heavy atom. The molecule has 1 atom stereocenters. The highest BCUT2D eigenvalue weighted by molar-refractivity contribution is 8.00. The number of rotatable bonds is 11. The van der Waals surface area contributed by atoms with E-state index in [2.05, 4.69) is 16.0 Å². The summed E-state index contributed by atoms with van der Waals surface area (Å²) in [4.78, 5) is 40.2. The Labute approximate surface area is 259 Å². The van der Waals surface area contributed by atoms with E-state index in [4.69, 9.17) is 16.3 Å². The van der Waals surface area contributed by atoms with Crippen LogP contribution < -0.4 is 20.7 Å². The predicted octanol–water partition coefficient (Wildman–Crippen LogP) is 6.97. The van der Waals surface area contributed by atoms with Gasteiger partial charge >= 0.3 is 0 Å². The number of anilines is 2. The summed E-state index contributed by atoms with van der Waals surface area (Å²) in [5.41, 5.74) is 1.81. The summed E-state index contributed by atoms with van der Waals surface area (Å²) in [5.74, 6) is -0.928. The second-order valence-corrected chi connectivity index (χ2v) is 11.0. The molecule has 0 saturated carbocycles. The van der Waals surface area contributed by atoms with Crippen molar-refractivity contribution in [2.75, 3.05) is 17.7 Å². The standard InChI is InChI=1S/C33H30ClN3O5S/c1-3-30(33(41)36-27-15-8-7-14-26(27)34)43-25-13-9-12-23(19-25)35-32(40)28(37-31(39)21-10-5-4-6-11-21)18-22-16-17-24(38)20-29(22)42-2/h4-20,30,38H,3H2,1-2H3,(H,35,40)(H,36,41)(H,37,39)/b28-18+. The van der Waals surface area contributed by atoms with Crippen molar-refractivity contribution < 1.29 is 24.2 Å². The van der Waals surface area contributed by atoms with Crippen LogP contribution in [0.5, 0.6) is 11.5 Å². The fraction of sp³-hybridized carbons (Fsp3) is 0.121. The highest BCUT2D eigenvalue weighted by atomic mass is 35.5. The van der Waals surface area contributed by atoms with E-state index in [0.29, 0.717) is 39.7 Å². The summed E-state index contributed by atoms with van der Waals surface area (Å²) in [5, 5.41) is 18.3. The van der Waals surface area contributed by atoms with E-state index in [9.17, 15) is 19.5 Å². The van der Waals surface area contributed by atoms with Crippen molar-refractivity contribution >= 4 is 58.5 Å². The van der Waals surface area contributed by atoms with Crippen LogP contribution in [0, 0.1) is 0 Å². The molecule has 0 spiro atoms. The van der Waals surface area contributed by atoms with Gasteiger partial charge in [-0.25, -0.2) is 0 Å². The van der Waals surface area contributed by atoms with Crippen molar-refractivity contribution in [1.29, 1.82) is 0 Å². The second-order valence-electron chi connectivity index (χ2n) is 9.27. The van der Waals surface area contributed by atoms with E-state index in [1.54, 1.807) is 78.9 Å². The molecule has 4 aromatic rings. The molecule has 0 radical (unpaired) electrons. The molecule has 3 amide bonds. The lowest BCUT2D eigenvalue weighted by atomic mass is 10.1. The van der Waals surface area contributed by atoms with E-state index in [1.807, 2.05) is 13.0 Å². The molecule has 10 heteroatoms. The molecule has 43 heavy (non-hydrogen) atoms. The van der Waals surface area contributed by atoms with Gasteiger partial charge in [0.05, 0.1) is 23.1 Å². The van der Waals surface area contributed by atoms with Crippen LogP contribution in [0.2, 0.25) is 5.02 Å². The molecule has 4 rings (SSSR count). The summed E-state index contributed by atoms with van der Waals surface area (Å²) in [6, 6.07) is 27.1. The molecule has 0 bridgehead atoms. The van der Waals surface area contributed by atoms with Crippen LogP contribution >= 0.6 is 23.4 Å². The maximum absolute atomic E-state index is 13.5. The van der Waals surface area contributed by atoms with Crippen LogP contribution in [-0.4, -0.2) is 35.2 Å². The van der Waals surface area contributed by atoms with Crippen molar-refractivity contribution in [2.45, 2.75) is 23.5 Å². The van der Waals surface area contributed by atoms with Crippen LogP contribution in [0.15, 0.2) is 108 Å². The summed E-state index contributed by atoms with van der Waals surface area (Å²) >= 11 is 7.56. The third-order valence-electron chi connectivity index (χ3n) is 6.21. The number of methoxy groups -OCH3 is 1. The number of hydrogen-bond donors (Lipinski definition) is 4. The number of halogens is 1. The normalized spacial score (nSPS) is 11.7. The van der Waals surface area contributed by atoms with E-state index in [-0.39, 0.29) is 17.4 Å². The fourth-order valence-electron chi connectivity index (χ4n) is 4.02. The Morgan fingerprint density at radius 3 is 2.40 bits per heavy atom. The van der Waals surface area contributed by atoms with Crippen molar-refractivity contribution in [3.8, 4) is 11.5 Å². The SMILES string of the molecule is CCC(Sc1cccc(NC(=O)/C(=C\c2ccc(O)cc2OC)NC(=O)c2ccccc2)c1)C(=O)Nc1ccccc1Cl. The zero-order valence-corrected chi connectivity index (χ0v) is 25.0. The average molecular weight is 616 g/mol. The molecule has 0 aliphatic heterocycles. The van der Waals surface area contributed by atoms with Crippen LogP contribution in [0.3, 0.4) is 0 Å². The first-order valence-electron chi connectivity index (χ1n) is 13.4. The molecular formula is C33H30ClN3O5S. The number of nitrogens with one attached hydrogen (secondary N) is 3. The first-order chi connectivity index (χ1) is 20.8. The zero-order chi connectivity index (χ0) is 30.8. The smallest absolute Gasteiger partial charge is 0.272 e. The molecule has 0 saturated heterocycles. The Balaban J connectivity index is 1.54. The number of aromatic hydroxyl groups is 1. The van der Waals surface area contributed by atoms with Gasteiger partial charge in [0.2, 0.25) is 5.91 Å². The lowest BCUT2D eigenvalue weighted by Gasteiger charge is -2.16. The topological polar surface area (TPSA) is 117 Å². The Morgan fingerprint density at radius 2 is 1.67 bits per heavy atom. The lowest BCUT2D eigenvalue weighted by molar-refractivity contribution is -0.116. The molecule has 0 aromatic heterocycles. The minimum atomic E-state index is -0.579. The van der Waals surface area contributed by atoms with Gasteiger partial charge in [0.15, 0.2) is 0 Å². The Bertz CT molecular complexity index is 1640. The third kappa shape index (κ3) is 8.64. The summed E-state index contributed by atoms with van der Waals surface area (Å²) in [6.07, 6.45) is 2.03. The Kier molecular flexibility index (Phi) is 10.9. The maximum Gasteiger partial charge on any atom is 0.272 e. The van der Waals surface area contributed by atoms with Crippen LogP contribution in [0.1, 0.15) is 29.3 Å². The maximum atomic E-state index is 13.5. The number of phenols is 1. The van der Waals surface area contributed by atoms with Gasteiger partial charge in [0.25, 0.3) is 11.8 Å². The van der Waals surface area contributed by atoms with E-state index >= 15 is 0 Å². The van der Waals surface area contributed by atoms with Crippen LogP contribution in [0.4, 0.5) is 11.4 Å². The molecule has 0 fully saturated rings. The number of carbonyl (C=O) groups excluding carboxylic acids is 3. The number of amides is 3. The first kappa shape index (κ1) is 31.2. The molecule has 4 N–H and O–H groups in total. The first-order valence-corrected chi connectivity index (χ1v) is 14.6. The number of ether oxygens (including phenoxy) is 1. The van der Waals surface area contributed by atoms with E-state index in [1.165, 1.54) is 37.1 Å². The van der Waals surface area contributed by atoms with Crippen molar-refractivity contribution in [3.63, 3.8) is 0 Å². The quantitative estimate of drug-likeness (QED) is 0.107.